The van der Waals surface area contributed by atoms with Crippen molar-refractivity contribution in [3.63, 3.8) is 0 Å². The lowest BCUT2D eigenvalue weighted by atomic mass is 9.94. The van der Waals surface area contributed by atoms with E-state index in [1.165, 1.54) is 0 Å². The van der Waals surface area contributed by atoms with Crippen LogP contribution in [0.3, 0.4) is 0 Å². The average molecular weight is 356 g/mol. The third-order valence-corrected chi connectivity index (χ3v) is 4.93. The van der Waals surface area contributed by atoms with Gasteiger partial charge in [-0.3, -0.25) is 14.6 Å². The standard InChI is InChI=1S/C19H24N4O3/c1-13(2)22(3)18(24)14-6-9-23(10-7-14)19(25)16-11-17(26-21-16)15-5-4-8-20-12-15/h4-5,8,11-14H,6-7,9-10H2,1-3H3. The van der Waals surface area contributed by atoms with Gasteiger partial charge in [0.15, 0.2) is 11.5 Å². The first-order chi connectivity index (χ1) is 12.5. The fourth-order valence-corrected chi connectivity index (χ4v) is 3.05. The molecule has 0 unspecified atom stereocenters. The van der Waals surface area contributed by atoms with Crippen molar-refractivity contribution >= 4 is 11.8 Å². The van der Waals surface area contributed by atoms with Crippen LogP contribution in [0.4, 0.5) is 0 Å². The zero-order chi connectivity index (χ0) is 18.7. The van der Waals surface area contributed by atoms with E-state index in [0.29, 0.717) is 31.7 Å². The van der Waals surface area contributed by atoms with Crippen LogP contribution in [0.25, 0.3) is 11.3 Å². The topological polar surface area (TPSA) is 79.5 Å². The summed E-state index contributed by atoms with van der Waals surface area (Å²) in [5, 5.41) is 3.90. The minimum Gasteiger partial charge on any atom is -0.355 e. The highest BCUT2D eigenvalue weighted by Gasteiger charge is 2.31. The maximum absolute atomic E-state index is 12.7. The molecular formula is C19H24N4O3. The predicted octanol–water partition coefficient (Wildman–Crippen LogP) is 2.46. The van der Waals surface area contributed by atoms with Crippen molar-refractivity contribution < 1.29 is 14.1 Å². The number of amides is 2. The van der Waals surface area contributed by atoms with Crippen LogP contribution in [0.5, 0.6) is 0 Å². The monoisotopic (exact) mass is 356 g/mol. The number of carbonyl (C=O) groups excluding carboxylic acids is 2. The summed E-state index contributed by atoms with van der Waals surface area (Å²) in [6.07, 6.45) is 4.69. The molecule has 1 fully saturated rings. The Morgan fingerprint density at radius 1 is 1.31 bits per heavy atom. The Balaban J connectivity index is 1.61. The van der Waals surface area contributed by atoms with E-state index in [0.717, 1.165) is 5.56 Å². The molecule has 0 bridgehead atoms. The fourth-order valence-electron chi connectivity index (χ4n) is 3.05. The first kappa shape index (κ1) is 18.1. The number of aromatic nitrogens is 2. The Hall–Kier alpha value is -2.70. The Labute approximate surface area is 153 Å². The molecule has 138 valence electrons. The molecule has 0 aliphatic carbocycles. The van der Waals surface area contributed by atoms with E-state index in [1.807, 2.05) is 27.0 Å². The van der Waals surface area contributed by atoms with Crippen LogP contribution in [-0.2, 0) is 4.79 Å². The summed E-state index contributed by atoms with van der Waals surface area (Å²) < 4.78 is 5.28. The number of nitrogens with zero attached hydrogens (tertiary/aromatic N) is 4. The van der Waals surface area contributed by atoms with Crippen molar-refractivity contribution in [2.75, 3.05) is 20.1 Å². The summed E-state index contributed by atoms with van der Waals surface area (Å²) in [5.74, 6) is 0.499. The van der Waals surface area contributed by atoms with E-state index in [-0.39, 0.29) is 29.5 Å². The van der Waals surface area contributed by atoms with Crippen LogP contribution in [0.2, 0.25) is 0 Å². The average Bonchev–Trinajstić information content (AvgIpc) is 3.17. The molecule has 1 saturated heterocycles. The Morgan fingerprint density at radius 3 is 2.65 bits per heavy atom. The van der Waals surface area contributed by atoms with Crippen molar-refractivity contribution in [1.82, 2.24) is 19.9 Å². The maximum Gasteiger partial charge on any atom is 0.276 e. The normalized spacial score (nSPS) is 15.3. The zero-order valence-electron chi connectivity index (χ0n) is 15.4. The van der Waals surface area contributed by atoms with E-state index in [1.54, 1.807) is 34.3 Å². The van der Waals surface area contributed by atoms with Gasteiger partial charge in [0.25, 0.3) is 5.91 Å². The summed E-state index contributed by atoms with van der Waals surface area (Å²) in [7, 11) is 1.83. The molecule has 26 heavy (non-hydrogen) atoms. The number of pyridine rings is 1. The van der Waals surface area contributed by atoms with Gasteiger partial charge >= 0.3 is 0 Å². The highest BCUT2D eigenvalue weighted by molar-refractivity contribution is 5.93. The molecule has 0 saturated carbocycles. The van der Waals surface area contributed by atoms with Gasteiger partial charge in [-0.1, -0.05) is 5.16 Å². The van der Waals surface area contributed by atoms with Gasteiger partial charge in [0, 0.05) is 56.1 Å². The molecule has 1 aliphatic heterocycles. The van der Waals surface area contributed by atoms with E-state index < -0.39 is 0 Å². The molecule has 2 aromatic heterocycles. The lowest BCUT2D eigenvalue weighted by Gasteiger charge is -2.33. The second-order valence-electron chi connectivity index (χ2n) is 6.93. The van der Waals surface area contributed by atoms with E-state index in [9.17, 15) is 9.59 Å². The fraction of sp³-hybridized carbons (Fsp3) is 0.474. The highest BCUT2D eigenvalue weighted by atomic mass is 16.5. The molecule has 0 spiro atoms. The summed E-state index contributed by atoms with van der Waals surface area (Å²) in [4.78, 5) is 32.6. The molecule has 2 aromatic rings. The van der Waals surface area contributed by atoms with Crippen LogP contribution < -0.4 is 0 Å². The molecule has 7 heteroatoms. The van der Waals surface area contributed by atoms with Crippen LogP contribution in [-0.4, -0.2) is 57.9 Å². The van der Waals surface area contributed by atoms with Crippen LogP contribution in [0.1, 0.15) is 37.2 Å². The molecule has 3 heterocycles. The third kappa shape index (κ3) is 3.76. The lowest BCUT2D eigenvalue weighted by Crippen LogP contribution is -2.45. The number of likely N-dealkylation sites (tertiary alicyclic amines) is 1. The first-order valence-corrected chi connectivity index (χ1v) is 8.90. The minimum atomic E-state index is -0.160. The molecule has 3 rings (SSSR count). The third-order valence-electron chi connectivity index (χ3n) is 4.93. The smallest absolute Gasteiger partial charge is 0.276 e. The summed E-state index contributed by atoms with van der Waals surface area (Å²) >= 11 is 0. The van der Waals surface area contributed by atoms with Gasteiger partial charge in [-0.25, -0.2) is 0 Å². The number of piperidine rings is 1. The molecule has 1 aliphatic rings. The van der Waals surface area contributed by atoms with Gasteiger partial charge in [0.1, 0.15) is 0 Å². The van der Waals surface area contributed by atoms with Gasteiger partial charge in [-0.05, 0) is 38.8 Å². The van der Waals surface area contributed by atoms with Crippen molar-refractivity contribution in [3.8, 4) is 11.3 Å². The first-order valence-electron chi connectivity index (χ1n) is 8.90. The minimum absolute atomic E-state index is 0.0188. The summed E-state index contributed by atoms with van der Waals surface area (Å²) in [5.41, 5.74) is 1.06. The Bertz CT molecular complexity index is 764. The van der Waals surface area contributed by atoms with Gasteiger partial charge in [-0.15, -0.1) is 0 Å². The maximum atomic E-state index is 12.7. The van der Waals surface area contributed by atoms with Crippen molar-refractivity contribution in [1.29, 1.82) is 0 Å². The van der Waals surface area contributed by atoms with Crippen LogP contribution >= 0.6 is 0 Å². The van der Waals surface area contributed by atoms with Crippen molar-refractivity contribution in [2.24, 2.45) is 5.92 Å². The largest absolute Gasteiger partial charge is 0.355 e. The van der Waals surface area contributed by atoms with E-state index >= 15 is 0 Å². The van der Waals surface area contributed by atoms with Gasteiger partial charge in [0.2, 0.25) is 5.91 Å². The molecule has 0 radical (unpaired) electrons. The SMILES string of the molecule is CC(C)N(C)C(=O)C1CCN(C(=O)c2cc(-c3cccnc3)on2)CC1. The van der Waals surface area contributed by atoms with E-state index in [4.69, 9.17) is 4.52 Å². The predicted molar refractivity (Wildman–Crippen MR) is 96.3 cm³/mol. The van der Waals surface area contributed by atoms with Crippen LogP contribution in [0, 0.1) is 5.92 Å². The van der Waals surface area contributed by atoms with Gasteiger partial charge in [-0.2, -0.15) is 0 Å². The summed E-state index contributed by atoms with van der Waals surface area (Å²) in [6, 6.07) is 5.48. The lowest BCUT2D eigenvalue weighted by molar-refractivity contribution is -0.137. The quantitative estimate of drug-likeness (QED) is 0.841. The number of hydrogen-bond donors (Lipinski definition) is 0. The van der Waals surface area contributed by atoms with Crippen LogP contribution in [0.15, 0.2) is 35.1 Å². The Kier molecular flexibility index (Phi) is 5.35. The van der Waals surface area contributed by atoms with Crippen molar-refractivity contribution in [3.05, 3.63) is 36.3 Å². The molecular weight excluding hydrogens is 332 g/mol. The van der Waals surface area contributed by atoms with Gasteiger partial charge in [0.05, 0.1) is 0 Å². The molecule has 0 aromatic carbocycles. The number of rotatable bonds is 4. The van der Waals surface area contributed by atoms with Crippen molar-refractivity contribution in [2.45, 2.75) is 32.7 Å². The summed E-state index contributed by atoms with van der Waals surface area (Å²) in [6.45, 7) is 5.11. The second-order valence-corrected chi connectivity index (χ2v) is 6.93. The molecule has 0 atom stereocenters. The molecule has 0 N–H and O–H groups in total. The zero-order valence-corrected chi connectivity index (χ0v) is 15.4. The molecule has 7 nitrogen and oxygen atoms in total. The molecule has 2 amide bonds. The van der Waals surface area contributed by atoms with E-state index in [2.05, 4.69) is 10.1 Å². The highest BCUT2D eigenvalue weighted by Crippen LogP contribution is 2.23. The second kappa shape index (κ2) is 7.68. The number of carbonyl (C=O) groups is 2. The van der Waals surface area contributed by atoms with Gasteiger partial charge < -0.3 is 14.3 Å². The Morgan fingerprint density at radius 2 is 2.04 bits per heavy atom. The number of hydrogen-bond acceptors (Lipinski definition) is 5.